The highest BCUT2D eigenvalue weighted by Crippen LogP contribution is 2.35. The summed E-state index contributed by atoms with van der Waals surface area (Å²) in [6.07, 6.45) is -5.09. The van der Waals surface area contributed by atoms with Crippen molar-refractivity contribution >= 4 is 44.0 Å². The van der Waals surface area contributed by atoms with E-state index in [9.17, 15) is 18.0 Å². The Hall–Kier alpha value is -2.22. The highest BCUT2D eigenvalue weighted by molar-refractivity contribution is 9.10. The lowest BCUT2D eigenvalue weighted by atomic mass is 10.1. The number of esters is 1. The number of fused-ring (bicyclic) bond motifs is 2. The molecule has 0 fully saturated rings. The number of carbonyl (C=O) groups excluding carboxylic acids is 1. The number of carbonyl (C=O) groups is 1. The molecule has 2 aromatic carbocycles. The molecule has 0 saturated heterocycles. The summed E-state index contributed by atoms with van der Waals surface area (Å²) in [5, 5.41) is 0. The van der Waals surface area contributed by atoms with Crippen molar-refractivity contribution in [3.05, 3.63) is 40.4 Å². The van der Waals surface area contributed by atoms with E-state index in [0.717, 1.165) is 0 Å². The van der Waals surface area contributed by atoms with Gasteiger partial charge in [-0.1, -0.05) is 12.1 Å². The maximum Gasteiger partial charge on any atom is 0.491 e. The Balaban J connectivity index is 2.28. The third-order valence-electron chi connectivity index (χ3n) is 3.14. The number of rotatable bonds is 1. The zero-order valence-corrected chi connectivity index (χ0v) is 13.2. The van der Waals surface area contributed by atoms with Crippen molar-refractivity contribution < 1.29 is 22.7 Å². The van der Waals surface area contributed by atoms with Gasteiger partial charge < -0.3 is 4.74 Å². The fourth-order valence-electron chi connectivity index (χ4n) is 2.12. The molecule has 118 valence electrons. The van der Waals surface area contributed by atoms with E-state index in [1.54, 1.807) is 24.3 Å². The van der Waals surface area contributed by atoms with Gasteiger partial charge in [-0.3, -0.25) is 0 Å². The average molecular weight is 385 g/mol. The van der Waals surface area contributed by atoms with Crippen LogP contribution in [0, 0.1) is 6.92 Å². The van der Waals surface area contributed by atoms with Gasteiger partial charge in [-0.2, -0.15) is 13.2 Å². The lowest BCUT2D eigenvalue weighted by Crippen LogP contribution is -2.28. The number of hydrogen-bond donors (Lipinski definition) is 0. The first kappa shape index (κ1) is 15.7. The molecule has 4 nitrogen and oxygen atoms in total. The molecule has 0 amide bonds. The molecule has 0 saturated carbocycles. The van der Waals surface area contributed by atoms with Crippen LogP contribution in [-0.4, -0.2) is 22.1 Å². The number of benzene rings is 2. The molecule has 0 aliphatic heterocycles. The van der Waals surface area contributed by atoms with Crippen molar-refractivity contribution in [1.29, 1.82) is 0 Å². The van der Waals surface area contributed by atoms with Crippen LogP contribution in [0.5, 0.6) is 5.75 Å². The van der Waals surface area contributed by atoms with Gasteiger partial charge in [-0.25, -0.2) is 14.8 Å². The van der Waals surface area contributed by atoms with Crippen LogP contribution in [0.15, 0.2) is 34.8 Å². The molecule has 8 heteroatoms. The van der Waals surface area contributed by atoms with Gasteiger partial charge in [0.2, 0.25) is 0 Å². The third kappa shape index (κ3) is 2.86. The van der Waals surface area contributed by atoms with Crippen LogP contribution in [0.3, 0.4) is 0 Å². The molecule has 3 aromatic rings. The van der Waals surface area contributed by atoms with E-state index in [-0.39, 0.29) is 11.3 Å². The van der Waals surface area contributed by atoms with Gasteiger partial charge in [0.1, 0.15) is 11.0 Å². The van der Waals surface area contributed by atoms with Gasteiger partial charge >= 0.3 is 12.1 Å². The predicted molar refractivity (Wildman–Crippen MR) is 81.2 cm³/mol. The topological polar surface area (TPSA) is 52.1 Å². The van der Waals surface area contributed by atoms with E-state index in [1.807, 2.05) is 0 Å². The lowest BCUT2D eigenvalue weighted by molar-refractivity contribution is -0.189. The van der Waals surface area contributed by atoms with Crippen molar-refractivity contribution in [3.8, 4) is 5.75 Å². The minimum atomic E-state index is -5.09. The fourth-order valence-corrected chi connectivity index (χ4v) is 2.73. The van der Waals surface area contributed by atoms with Crippen LogP contribution in [0.25, 0.3) is 22.1 Å². The summed E-state index contributed by atoms with van der Waals surface area (Å²) in [5.41, 5.74) is 1.82. The molecule has 0 radical (unpaired) electrons. The van der Waals surface area contributed by atoms with Gasteiger partial charge in [0.25, 0.3) is 0 Å². The standard InChI is InChI=1S/C15H8BrF3N2O2/c1-7-6-8(16)11-12(13(7)23-14(22)15(17,18)19)21-10-5-3-2-4-9(10)20-11/h2-6H,1H3. The summed E-state index contributed by atoms with van der Waals surface area (Å²) in [6, 6.07) is 8.44. The first-order chi connectivity index (χ1) is 10.8. The van der Waals surface area contributed by atoms with Gasteiger partial charge in [0, 0.05) is 4.47 Å². The minimum absolute atomic E-state index is 0.0909. The number of aryl methyl sites for hydroxylation is 1. The molecule has 0 aliphatic carbocycles. The van der Waals surface area contributed by atoms with Crippen molar-refractivity contribution in [2.24, 2.45) is 0 Å². The smallest absolute Gasteiger partial charge is 0.417 e. The van der Waals surface area contributed by atoms with Crippen LogP contribution in [0.2, 0.25) is 0 Å². The average Bonchev–Trinajstić information content (AvgIpc) is 2.48. The fraction of sp³-hybridized carbons (Fsp3) is 0.133. The molecular weight excluding hydrogens is 377 g/mol. The van der Waals surface area contributed by atoms with Crippen LogP contribution >= 0.6 is 15.9 Å². The molecule has 0 unspecified atom stereocenters. The minimum Gasteiger partial charge on any atom is -0.417 e. The number of nitrogens with zero attached hydrogens (tertiary/aromatic N) is 2. The molecule has 1 heterocycles. The number of alkyl halides is 3. The van der Waals surface area contributed by atoms with E-state index in [1.165, 1.54) is 13.0 Å². The Kier molecular flexibility index (Phi) is 3.71. The second-order valence-electron chi connectivity index (χ2n) is 4.80. The zero-order chi connectivity index (χ0) is 16.8. The van der Waals surface area contributed by atoms with E-state index in [0.29, 0.717) is 26.6 Å². The Morgan fingerprint density at radius 3 is 2.26 bits per heavy atom. The van der Waals surface area contributed by atoms with Crippen molar-refractivity contribution in [1.82, 2.24) is 9.97 Å². The van der Waals surface area contributed by atoms with Crippen LogP contribution < -0.4 is 4.74 Å². The van der Waals surface area contributed by atoms with Crippen LogP contribution in [-0.2, 0) is 4.79 Å². The summed E-state index contributed by atoms with van der Waals surface area (Å²) in [6.45, 7) is 1.53. The number of halogens is 4. The van der Waals surface area contributed by atoms with Crippen molar-refractivity contribution in [2.75, 3.05) is 0 Å². The van der Waals surface area contributed by atoms with Gasteiger partial charge in [-0.15, -0.1) is 0 Å². The highest BCUT2D eigenvalue weighted by atomic mass is 79.9. The van der Waals surface area contributed by atoms with Gasteiger partial charge in [-0.05, 0) is 46.6 Å². The van der Waals surface area contributed by atoms with E-state index < -0.39 is 12.1 Å². The largest absolute Gasteiger partial charge is 0.491 e. The molecule has 3 rings (SSSR count). The third-order valence-corrected chi connectivity index (χ3v) is 3.74. The zero-order valence-electron chi connectivity index (χ0n) is 11.6. The van der Waals surface area contributed by atoms with E-state index in [2.05, 4.69) is 30.6 Å². The Bertz CT molecular complexity index is 941. The van der Waals surface area contributed by atoms with Gasteiger partial charge in [0.05, 0.1) is 11.0 Å². The maximum absolute atomic E-state index is 12.5. The number of aromatic nitrogens is 2. The Morgan fingerprint density at radius 1 is 1.13 bits per heavy atom. The summed E-state index contributed by atoms with van der Waals surface area (Å²) in [5.74, 6) is -2.54. The lowest BCUT2D eigenvalue weighted by Gasteiger charge is -2.13. The molecule has 0 atom stereocenters. The Morgan fingerprint density at radius 2 is 1.70 bits per heavy atom. The number of para-hydroxylation sites is 2. The summed E-state index contributed by atoms with van der Waals surface area (Å²) in [4.78, 5) is 19.8. The maximum atomic E-state index is 12.5. The monoisotopic (exact) mass is 384 g/mol. The summed E-state index contributed by atoms with van der Waals surface area (Å²) in [7, 11) is 0. The van der Waals surface area contributed by atoms with Crippen molar-refractivity contribution in [2.45, 2.75) is 13.1 Å². The SMILES string of the molecule is Cc1cc(Br)c2nc3ccccc3nc2c1OC(=O)C(F)(F)F. The van der Waals surface area contributed by atoms with Crippen molar-refractivity contribution in [3.63, 3.8) is 0 Å². The predicted octanol–water partition coefficient (Wildman–Crippen LogP) is 4.32. The second-order valence-corrected chi connectivity index (χ2v) is 5.66. The van der Waals surface area contributed by atoms with E-state index >= 15 is 0 Å². The first-order valence-corrected chi connectivity index (χ1v) is 7.21. The van der Waals surface area contributed by atoms with E-state index in [4.69, 9.17) is 0 Å². The molecule has 1 aromatic heterocycles. The first-order valence-electron chi connectivity index (χ1n) is 6.42. The van der Waals surface area contributed by atoms with Gasteiger partial charge in [0.15, 0.2) is 5.75 Å². The summed E-state index contributed by atoms with van der Waals surface area (Å²) >= 11 is 3.31. The number of hydrogen-bond acceptors (Lipinski definition) is 4. The molecule has 0 bridgehead atoms. The molecule has 0 aliphatic rings. The number of ether oxygens (including phenoxy) is 1. The molecule has 23 heavy (non-hydrogen) atoms. The molecule has 0 N–H and O–H groups in total. The van der Waals surface area contributed by atoms with Crippen LogP contribution in [0.4, 0.5) is 13.2 Å². The highest BCUT2D eigenvalue weighted by Gasteiger charge is 2.42. The molecule has 0 spiro atoms. The normalized spacial score (nSPS) is 11.9. The molecular formula is C15H8BrF3N2O2. The van der Waals surface area contributed by atoms with Crippen LogP contribution in [0.1, 0.15) is 5.56 Å². The Labute approximate surface area is 136 Å². The summed E-state index contributed by atoms with van der Waals surface area (Å²) < 4.78 is 42.5. The second kappa shape index (κ2) is 5.45. The quantitative estimate of drug-likeness (QED) is 0.356.